The number of rotatable bonds is 2. The van der Waals surface area contributed by atoms with Crippen molar-refractivity contribution in [2.75, 3.05) is 0 Å². The van der Waals surface area contributed by atoms with Gasteiger partial charge in [0.15, 0.2) is 0 Å². The van der Waals surface area contributed by atoms with Crippen LogP contribution in [0.4, 0.5) is 0 Å². The summed E-state index contributed by atoms with van der Waals surface area (Å²) in [5, 5.41) is 6.17. The first-order chi connectivity index (χ1) is 21.8. The van der Waals surface area contributed by atoms with E-state index in [9.17, 15) is 0 Å². The number of nitrogens with zero attached hydrogens (tertiary/aromatic N) is 3. The Morgan fingerprint density at radius 3 is 1.73 bits per heavy atom. The van der Waals surface area contributed by atoms with Crippen LogP contribution in [0.1, 0.15) is 17.7 Å². The zero-order valence-corrected chi connectivity index (χ0v) is 24.6. The van der Waals surface area contributed by atoms with Gasteiger partial charge in [-0.05, 0) is 54.1 Å². The van der Waals surface area contributed by atoms with Crippen molar-refractivity contribution in [3.8, 4) is 11.4 Å². The van der Waals surface area contributed by atoms with Gasteiger partial charge in [0, 0.05) is 45.7 Å². The molecule has 0 bridgehead atoms. The van der Waals surface area contributed by atoms with Crippen molar-refractivity contribution in [2.24, 2.45) is 7.05 Å². The predicted molar refractivity (Wildman–Crippen MR) is 187 cm³/mol. The summed E-state index contributed by atoms with van der Waals surface area (Å²) in [4.78, 5) is 0. The van der Waals surface area contributed by atoms with Gasteiger partial charge in [-0.15, -0.1) is 0 Å². The second-order valence-electron chi connectivity index (χ2n) is 11.8. The Hall–Kier alpha value is -5.54. The van der Waals surface area contributed by atoms with E-state index in [4.69, 9.17) is 0 Å². The van der Waals surface area contributed by atoms with Crippen molar-refractivity contribution in [1.29, 1.82) is 0 Å². The molecular formula is C41H31N3. The van der Waals surface area contributed by atoms with Crippen molar-refractivity contribution in [3.05, 3.63) is 151 Å². The summed E-state index contributed by atoms with van der Waals surface area (Å²) in [5.74, 6) is 0. The zero-order chi connectivity index (χ0) is 29.2. The molecule has 3 heterocycles. The Morgan fingerprint density at radius 2 is 1.02 bits per heavy atom. The third-order valence-electron chi connectivity index (χ3n) is 9.31. The number of aromatic nitrogens is 3. The molecule has 0 fully saturated rings. The molecule has 3 heteroatoms. The Morgan fingerprint density at radius 1 is 0.477 bits per heavy atom. The van der Waals surface area contributed by atoms with Crippen LogP contribution in [0.5, 0.6) is 0 Å². The minimum absolute atomic E-state index is 1.00. The fraction of sp³-hybridized carbons (Fsp3) is 0.0732. The molecule has 3 nitrogen and oxygen atoms in total. The number of hydrogen-bond donors (Lipinski definition) is 0. The number of para-hydroxylation sites is 3. The second kappa shape index (κ2) is 9.75. The SMILES string of the molecule is Cn1c2c(ccc3ccc4c(n(-c5ccccc5)c32)CCC=C4)c2ccc3ccc4ccccc4n(-c4ccccc4)c3c21. The molecule has 0 saturated heterocycles. The molecule has 210 valence electrons. The van der Waals surface area contributed by atoms with Crippen LogP contribution >= 0.6 is 0 Å². The van der Waals surface area contributed by atoms with E-state index < -0.39 is 0 Å². The Balaban J connectivity index is 1.56. The number of fused-ring (bicyclic) bond motifs is 9. The van der Waals surface area contributed by atoms with E-state index in [0.29, 0.717) is 0 Å². The van der Waals surface area contributed by atoms with Gasteiger partial charge in [0.25, 0.3) is 0 Å². The van der Waals surface area contributed by atoms with Gasteiger partial charge in [0.05, 0.1) is 27.6 Å². The second-order valence-corrected chi connectivity index (χ2v) is 11.8. The van der Waals surface area contributed by atoms with Crippen LogP contribution in [-0.4, -0.2) is 13.7 Å². The van der Waals surface area contributed by atoms with Crippen molar-refractivity contribution in [2.45, 2.75) is 12.8 Å². The predicted octanol–water partition coefficient (Wildman–Crippen LogP) is 10.5. The van der Waals surface area contributed by atoms with E-state index >= 15 is 0 Å². The molecule has 0 saturated carbocycles. The third kappa shape index (κ3) is 3.62. The van der Waals surface area contributed by atoms with E-state index in [-0.39, 0.29) is 0 Å². The van der Waals surface area contributed by atoms with Crippen LogP contribution < -0.4 is 0 Å². The Labute approximate surface area is 255 Å². The lowest BCUT2D eigenvalue weighted by molar-refractivity contribution is 0.876. The summed E-state index contributed by atoms with van der Waals surface area (Å²) in [6.45, 7) is 0. The van der Waals surface area contributed by atoms with Crippen molar-refractivity contribution in [3.63, 3.8) is 0 Å². The standard InChI is InChI=1S/C41H31N3/c1-42-40-34(26-24-30-22-20-28-12-8-10-18-36(28)43(38(30)40)32-14-4-2-5-15-32)35-27-25-31-23-21-29-13-9-11-19-37(29)44(39(31)41(35)42)33-16-6-3-7-17-33/h2-10,12-18,20-27H,11,19H2,1H3. The number of benzene rings is 5. The third-order valence-corrected chi connectivity index (χ3v) is 9.31. The molecule has 9 rings (SSSR count). The summed E-state index contributed by atoms with van der Waals surface area (Å²) in [7, 11) is 2.25. The number of aryl methyl sites for hydroxylation is 1. The van der Waals surface area contributed by atoms with Gasteiger partial charge in [-0.25, -0.2) is 0 Å². The summed E-state index contributed by atoms with van der Waals surface area (Å²) in [5.41, 5.74) is 11.1. The lowest BCUT2D eigenvalue weighted by atomic mass is 10.0. The van der Waals surface area contributed by atoms with Crippen LogP contribution in [-0.2, 0) is 13.5 Å². The maximum atomic E-state index is 2.53. The maximum Gasteiger partial charge on any atom is 0.0778 e. The van der Waals surface area contributed by atoms with E-state index in [0.717, 1.165) is 18.5 Å². The monoisotopic (exact) mass is 565 g/mol. The Bertz CT molecular complexity index is 2490. The first kappa shape index (κ1) is 25.0. The number of allylic oxidation sites excluding steroid dienone is 1. The molecule has 0 N–H and O–H groups in total. The van der Waals surface area contributed by atoms with Crippen molar-refractivity contribution < 1.29 is 0 Å². The number of hydrogen-bond acceptors (Lipinski definition) is 0. The molecule has 0 amide bonds. The molecular weight excluding hydrogens is 534 g/mol. The largest absolute Gasteiger partial charge is 0.340 e. The quantitative estimate of drug-likeness (QED) is 0.198. The molecule has 1 aliphatic carbocycles. The van der Waals surface area contributed by atoms with Crippen LogP contribution in [0.25, 0.3) is 72.0 Å². The summed E-state index contributed by atoms with van der Waals surface area (Å²) >= 11 is 0. The van der Waals surface area contributed by atoms with E-state index in [1.807, 2.05) is 0 Å². The van der Waals surface area contributed by atoms with E-state index in [2.05, 4.69) is 166 Å². The normalized spacial score (nSPS) is 12.8. The fourth-order valence-corrected chi connectivity index (χ4v) is 7.37. The summed E-state index contributed by atoms with van der Waals surface area (Å²) in [6, 6.07) is 48.7. The zero-order valence-electron chi connectivity index (χ0n) is 24.6. The van der Waals surface area contributed by atoms with Crippen molar-refractivity contribution >= 4 is 60.6 Å². The lowest BCUT2D eigenvalue weighted by Gasteiger charge is -2.19. The van der Waals surface area contributed by atoms with Crippen LogP contribution in [0.2, 0.25) is 0 Å². The molecule has 0 aliphatic heterocycles. The first-order valence-electron chi connectivity index (χ1n) is 15.4. The van der Waals surface area contributed by atoms with Gasteiger partial charge in [0.1, 0.15) is 0 Å². The highest BCUT2D eigenvalue weighted by Gasteiger charge is 2.20. The van der Waals surface area contributed by atoms with Gasteiger partial charge in [-0.3, -0.25) is 0 Å². The fourth-order valence-electron chi connectivity index (χ4n) is 7.37. The average molecular weight is 566 g/mol. The van der Waals surface area contributed by atoms with Crippen LogP contribution in [0.15, 0.2) is 140 Å². The highest BCUT2D eigenvalue weighted by Crippen LogP contribution is 2.40. The smallest absolute Gasteiger partial charge is 0.0778 e. The Kier molecular flexibility index (Phi) is 5.54. The molecule has 3 aromatic heterocycles. The van der Waals surface area contributed by atoms with Gasteiger partial charge in [0.2, 0.25) is 0 Å². The molecule has 0 spiro atoms. The molecule has 0 atom stereocenters. The van der Waals surface area contributed by atoms with Crippen molar-refractivity contribution in [1.82, 2.24) is 13.7 Å². The molecule has 0 radical (unpaired) electrons. The molecule has 8 aromatic rings. The summed E-state index contributed by atoms with van der Waals surface area (Å²) < 4.78 is 7.43. The minimum atomic E-state index is 1.00. The van der Waals surface area contributed by atoms with E-state index in [1.54, 1.807) is 0 Å². The first-order valence-corrected chi connectivity index (χ1v) is 15.4. The van der Waals surface area contributed by atoms with E-state index in [1.165, 1.54) is 71.5 Å². The van der Waals surface area contributed by atoms with Gasteiger partial charge >= 0.3 is 0 Å². The van der Waals surface area contributed by atoms with Gasteiger partial charge in [-0.2, -0.15) is 0 Å². The van der Waals surface area contributed by atoms with Crippen LogP contribution in [0.3, 0.4) is 0 Å². The molecule has 0 unspecified atom stereocenters. The highest BCUT2D eigenvalue weighted by atomic mass is 15.0. The van der Waals surface area contributed by atoms with Crippen LogP contribution in [0, 0.1) is 0 Å². The van der Waals surface area contributed by atoms with Gasteiger partial charge < -0.3 is 13.7 Å². The summed E-state index contributed by atoms with van der Waals surface area (Å²) in [6.07, 6.45) is 6.64. The highest BCUT2D eigenvalue weighted by molar-refractivity contribution is 6.22. The lowest BCUT2D eigenvalue weighted by Crippen LogP contribution is -2.07. The minimum Gasteiger partial charge on any atom is -0.340 e. The molecule has 5 aromatic carbocycles. The molecule has 44 heavy (non-hydrogen) atoms. The molecule has 1 aliphatic rings. The average Bonchev–Trinajstić information content (AvgIpc) is 3.19. The topological polar surface area (TPSA) is 14.8 Å². The van der Waals surface area contributed by atoms with Gasteiger partial charge in [-0.1, -0.05) is 115 Å². The maximum absolute atomic E-state index is 2.53.